The van der Waals surface area contributed by atoms with E-state index in [9.17, 15) is 0 Å². The van der Waals surface area contributed by atoms with Gasteiger partial charge in [0, 0.05) is 22.8 Å². The maximum Gasteiger partial charge on any atom is 0.174 e. The highest BCUT2D eigenvalue weighted by molar-refractivity contribution is 7.80. The van der Waals surface area contributed by atoms with Crippen LogP contribution in [0.25, 0.3) is 11.3 Å². The number of furan rings is 1. The van der Waals surface area contributed by atoms with Crippen LogP contribution in [-0.4, -0.2) is 24.3 Å². The Morgan fingerprint density at radius 2 is 1.89 bits per heavy atom. The second kappa shape index (κ2) is 9.60. The van der Waals surface area contributed by atoms with Crippen LogP contribution in [0.1, 0.15) is 29.1 Å². The van der Waals surface area contributed by atoms with Gasteiger partial charge in [0.15, 0.2) is 5.11 Å². The van der Waals surface area contributed by atoms with Crippen molar-refractivity contribution in [2.75, 3.05) is 19.1 Å². The lowest BCUT2D eigenvalue weighted by molar-refractivity contribution is 0.400. The maximum atomic E-state index is 6.47. The highest BCUT2D eigenvalue weighted by atomic mass is 35.5. The summed E-state index contributed by atoms with van der Waals surface area (Å²) in [5, 5.41) is 4.63. The SMILES string of the molecule is COc1ccc(OC)c(N2C(=S)N[C@@H](c3ccccn3)[C@@H]2c2ccc(-c3cc(Cl)ccc3C)o2)c1. The summed E-state index contributed by atoms with van der Waals surface area (Å²) in [5.74, 6) is 2.82. The first kappa shape index (κ1) is 23.2. The fraction of sp³-hybridized carbons (Fsp3) is 0.185. The molecule has 1 N–H and O–H groups in total. The van der Waals surface area contributed by atoms with Crippen molar-refractivity contribution in [1.82, 2.24) is 10.3 Å². The molecule has 1 aliphatic rings. The molecule has 0 unspecified atom stereocenters. The van der Waals surface area contributed by atoms with Crippen LogP contribution >= 0.6 is 23.8 Å². The van der Waals surface area contributed by atoms with Gasteiger partial charge in [0.1, 0.15) is 29.1 Å². The molecule has 0 radical (unpaired) electrons. The molecule has 3 heterocycles. The minimum Gasteiger partial charge on any atom is -0.497 e. The van der Waals surface area contributed by atoms with E-state index in [1.54, 1.807) is 20.4 Å². The fourth-order valence-electron chi connectivity index (χ4n) is 4.40. The van der Waals surface area contributed by atoms with Crippen LogP contribution in [0.2, 0.25) is 5.02 Å². The van der Waals surface area contributed by atoms with E-state index in [4.69, 9.17) is 37.7 Å². The quantitative estimate of drug-likeness (QED) is 0.300. The molecule has 0 aliphatic carbocycles. The molecular formula is C27H24ClN3O3S. The Kier molecular flexibility index (Phi) is 6.36. The Morgan fingerprint density at radius 1 is 1.03 bits per heavy atom. The van der Waals surface area contributed by atoms with Crippen molar-refractivity contribution in [3.8, 4) is 22.8 Å². The van der Waals surface area contributed by atoms with Crippen molar-refractivity contribution in [2.24, 2.45) is 0 Å². The van der Waals surface area contributed by atoms with Gasteiger partial charge in [0.2, 0.25) is 0 Å². The standard InChI is InChI=1S/C27H24ClN3O3S/c1-16-7-8-17(28)14-19(16)22-11-12-24(34-22)26-25(20-6-4-5-13-29-20)30-27(35)31(26)21-15-18(32-2)9-10-23(21)33-3/h4-15,25-26H,1-3H3,(H,30,35)/t25-,26-/m0/s1. The van der Waals surface area contributed by atoms with Gasteiger partial charge in [-0.25, -0.2) is 0 Å². The molecule has 2 aromatic carbocycles. The van der Waals surface area contributed by atoms with Gasteiger partial charge in [-0.05, 0) is 73.2 Å². The number of thiocarbonyl (C=S) groups is 1. The Balaban J connectivity index is 1.65. The van der Waals surface area contributed by atoms with E-state index in [0.717, 1.165) is 34.0 Å². The summed E-state index contributed by atoms with van der Waals surface area (Å²) in [7, 11) is 3.27. The number of ether oxygens (including phenoxy) is 2. The van der Waals surface area contributed by atoms with Crippen LogP contribution in [0, 0.1) is 6.92 Å². The van der Waals surface area contributed by atoms with Crippen molar-refractivity contribution < 1.29 is 13.9 Å². The Hall–Kier alpha value is -3.55. The lowest BCUT2D eigenvalue weighted by Crippen LogP contribution is -2.29. The summed E-state index contributed by atoms with van der Waals surface area (Å²) >= 11 is 12.1. The summed E-state index contributed by atoms with van der Waals surface area (Å²) in [4.78, 5) is 6.61. The molecule has 4 aromatic rings. The zero-order valence-corrected chi connectivity index (χ0v) is 21.1. The van der Waals surface area contributed by atoms with Gasteiger partial charge in [0.25, 0.3) is 0 Å². The number of nitrogens with zero attached hydrogens (tertiary/aromatic N) is 2. The summed E-state index contributed by atoms with van der Waals surface area (Å²) in [6.07, 6.45) is 1.77. The van der Waals surface area contributed by atoms with E-state index in [-0.39, 0.29) is 12.1 Å². The van der Waals surface area contributed by atoms with Crippen molar-refractivity contribution in [1.29, 1.82) is 0 Å². The summed E-state index contributed by atoms with van der Waals surface area (Å²) in [6, 6.07) is 20.6. The third-order valence-electron chi connectivity index (χ3n) is 6.13. The number of halogens is 1. The molecule has 2 atom stereocenters. The summed E-state index contributed by atoms with van der Waals surface area (Å²) < 4.78 is 17.7. The number of benzene rings is 2. The van der Waals surface area contributed by atoms with Crippen LogP contribution in [0.3, 0.4) is 0 Å². The molecule has 8 heteroatoms. The van der Waals surface area contributed by atoms with Crippen LogP contribution in [-0.2, 0) is 0 Å². The number of rotatable bonds is 6. The molecular weight excluding hydrogens is 482 g/mol. The molecule has 1 fully saturated rings. The molecule has 6 nitrogen and oxygen atoms in total. The molecule has 0 bridgehead atoms. The van der Waals surface area contributed by atoms with Crippen LogP contribution in [0.5, 0.6) is 11.5 Å². The number of hydrogen-bond donors (Lipinski definition) is 1. The second-order valence-corrected chi connectivity index (χ2v) is 9.02. The average molecular weight is 506 g/mol. The zero-order valence-electron chi connectivity index (χ0n) is 19.5. The average Bonchev–Trinajstić information content (AvgIpc) is 3.50. The molecule has 35 heavy (non-hydrogen) atoms. The van der Waals surface area contributed by atoms with E-state index in [1.807, 2.05) is 78.6 Å². The number of nitrogens with one attached hydrogen (secondary N) is 1. The van der Waals surface area contributed by atoms with E-state index >= 15 is 0 Å². The van der Waals surface area contributed by atoms with Gasteiger partial charge >= 0.3 is 0 Å². The zero-order chi connectivity index (χ0) is 24.5. The number of aromatic nitrogens is 1. The number of methoxy groups -OCH3 is 2. The van der Waals surface area contributed by atoms with Crippen molar-refractivity contribution in [3.63, 3.8) is 0 Å². The van der Waals surface area contributed by atoms with E-state index < -0.39 is 0 Å². The third kappa shape index (κ3) is 4.33. The monoisotopic (exact) mass is 505 g/mol. The third-order valence-corrected chi connectivity index (χ3v) is 6.68. The molecule has 0 saturated carbocycles. The molecule has 2 aromatic heterocycles. The molecule has 178 valence electrons. The molecule has 5 rings (SSSR count). The molecule has 1 aliphatic heterocycles. The van der Waals surface area contributed by atoms with E-state index in [2.05, 4.69) is 10.3 Å². The smallest absolute Gasteiger partial charge is 0.174 e. The first-order valence-electron chi connectivity index (χ1n) is 11.1. The van der Waals surface area contributed by atoms with Gasteiger partial charge in [0.05, 0.1) is 31.6 Å². The van der Waals surface area contributed by atoms with E-state index in [1.165, 1.54) is 0 Å². The lowest BCUT2D eigenvalue weighted by Gasteiger charge is -2.27. The van der Waals surface area contributed by atoms with Crippen LogP contribution in [0.4, 0.5) is 5.69 Å². The minimum atomic E-state index is -0.327. The van der Waals surface area contributed by atoms with Gasteiger partial charge < -0.3 is 24.1 Å². The predicted molar refractivity (Wildman–Crippen MR) is 141 cm³/mol. The van der Waals surface area contributed by atoms with Gasteiger partial charge in [-0.1, -0.05) is 23.7 Å². The minimum absolute atomic E-state index is 0.251. The van der Waals surface area contributed by atoms with Crippen molar-refractivity contribution in [2.45, 2.75) is 19.0 Å². The highest BCUT2D eigenvalue weighted by Crippen LogP contribution is 2.46. The Labute approximate surface area is 214 Å². The molecule has 1 saturated heterocycles. The number of anilines is 1. The van der Waals surface area contributed by atoms with Crippen molar-refractivity contribution in [3.05, 3.63) is 95.0 Å². The normalized spacial score (nSPS) is 17.4. The molecule has 0 amide bonds. The highest BCUT2D eigenvalue weighted by Gasteiger charge is 2.43. The lowest BCUT2D eigenvalue weighted by atomic mass is 10.0. The largest absolute Gasteiger partial charge is 0.497 e. The van der Waals surface area contributed by atoms with Gasteiger partial charge in [-0.2, -0.15) is 0 Å². The first-order valence-corrected chi connectivity index (χ1v) is 11.9. The van der Waals surface area contributed by atoms with Crippen LogP contribution in [0.15, 0.2) is 77.3 Å². The number of hydrogen-bond acceptors (Lipinski definition) is 5. The summed E-state index contributed by atoms with van der Waals surface area (Å²) in [5.41, 5.74) is 3.63. The Morgan fingerprint density at radius 3 is 2.63 bits per heavy atom. The fourth-order valence-corrected chi connectivity index (χ4v) is 4.92. The maximum absolute atomic E-state index is 6.47. The predicted octanol–water partition coefficient (Wildman–Crippen LogP) is 6.50. The van der Waals surface area contributed by atoms with Crippen LogP contribution < -0.4 is 19.7 Å². The summed E-state index contributed by atoms with van der Waals surface area (Å²) in [6.45, 7) is 2.03. The van der Waals surface area contributed by atoms with Gasteiger partial charge in [-0.3, -0.25) is 4.98 Å². The molecule has 0 spiro atoms. The number of pyridine rings is 1. The second-order valence-electron chi connectivity index (χ2n) is 8.20. The van der Waals surface area contributed by atoms with Gasteiger partial charge in [-0.15, -0.1) is 0 Å². The van der Waals surface area contributed by atoms with E-state index in [0.29, 0.717) is 21.6 Å². The Bertz CT molecular complexity index is 1380. The first-order chi connectivity index (χ1) is 17.0. The number of aryl methyl sites for hydroxylation is 1. The topological polar surface area (TPSA) is 59.8 Å². The van der Waals surface area contributed by atoms with Crippen molar-refractivity contribution >= 4 is 34.6 Å².